The van der Waals surface area contributed by atoms with Crippen molar-refractivity contribution in [3.63, 3.8) is 0 Å². The number of nitriles is 1. The second kappa shape index (κ2) is 5.62. The maximum absolute atomic E-state index is 10.9. The normalized spacial score (nSPS) is 9.68. The van der Waals surface area contributed by atoms with Crippen LogP contribution < -0.4 is 4.74 Å². The Morgan fingerprint density at radius 3 is 2.79 bits per heavy atom. The first-order chi connectivity index (χ1) is 9.11. The standard InChI is InChI=1S/C12H6IN3O3/c13-9-3-1-2-4-11(9)19-12-10(16(17)18)5-8(6-14)7-15-12/h1-5,7H. The molecule has 0 N–H and O–H groups in total. The van der Waals surface area contributed by atoms with Crippen LogP contribution in [0.5, 0.6) is 11.6 Å². The van der Waals surface area contributed by atoms with Gasteiger partial charge in [-0.1, -0.05) is 12.1 Å². The number of pyridine rings is 1. The summed E-state index contributed by atoms with van der Waals surface area (Å²) in [4.78, 5) is 14.1. The van der Waals surface area contributed by atoms with Gasteiger partial charge in [0.2, 0.25) is 0 Å². The summed E-state index contributed by atoms with van der Waals surface area (Å²) in [7, 11) is 0. The van der Waals surface area contributed by atoms with Crippen LogP contribution in [0.15, 0.2) is 36.5 Å². The van der Waals surface area contributed by atoms with Gasteiger partial charge in [0.05, 0.1) is 14.1 Å². The molecule has 0 aliphatic rings. The van der Waals surface area contributed by atoms with E-state index in [1.807, 2.05) is 12.1 Å². The van der Waals surface area contributed by atoms with E-state index < -0.39 is 4.92 Å². The quantitative estimate of drug-likeness (QED) is 0.472. The Morgan fingerprint density at radius 2 is 2.16 bits per heavy atom. The topological polar surface area (TPSA) is 89.0 Å². The Morgan fingerprint density at radius 1 is 1.42 bits per heavy atom. The number of nitrogens with zero attached hydrogens (tertiary/aromatic N) is 3. The molecule has 0 aliphatic carbocycles. The third kappa shape index (κ3) is 2.97. The molecule has 6 nitrogen and oxygen atoms in total. The maximum Gasteiger partial charge on any atom is 0.332 e. The van der Waals surface area contributed by atoms with Gasteiger partial charge in [-0.2, -0.15) is 5.26 Å². The van der Waals surface area contributed by atoms with Crippen molar-refractivity contribution in [2.45, 2.75) is 0 Å². The van der Waals surface area contributed by atoms with Gasteiger partial charge in [-0.05, 0) is 34.7 Å². The smallest absolute Gasteiger partial charge is 0.332 e. The summed E-state index contributed by atoms with van der Waals surface area (Å²) in [6, 6.07) is 10.0. The van der Waals surface area contributed by atoms with Crippen LogP contribution in [0.25, 0.3) is 0 Å². The van der Waals surface area contributed by atoms with Crippen molar-refractivity contribution in [2.75, 3.05) is 0 Å². The summed E-state index contributed by atoms with van der Waals surface area (Å²) >= 11 is 2.06. The van der Waals surface area contributed by atoms with Gasteiger partial charge < -0.3 is 4.74 Å². The van der Waals surface area contributed by atoms with Crippen molar-refractivity contribution in [1.82, 2.24) is 4.98 Å². The molecule has 94 valence electrons. The minimum Gasteiger partial charge on any atom is -0.433 e. The fraction of sp³-hybridized carbons (Fsp3) is 0. The molecule has 1 heterocycles. The van der Waals surface area contributed by atoms with E-state index in [1.54, 1.807) is 18.2 Å². The highest BCUT2D eigenvalue weighted by atomic mass is 127. The summed E-state index contributed by atoms with van der Waals surface area (Å²) in [6.07, 6.45) is 1.23. The molecule has 0 unspecified atom stereocenters. The molecule has 2 aromatic rings. The number of halogens is 1. The number of ether oxygens (including phenoxy) is 1. The van der Waals surface area contributed by atoms with Gasteiger partial charge in [0.1, 0.15) is 11.8 Å². The molecule has 0 radical (unpaired) electrons. The van der Waals surface area contributed by atoms with Crippen LogP contribution in [0.2, 0.25) is 0 Å². The van der Waals surface area contributed by atoms with Crippen LogP contribution in [0, 0.1) is 25.0 Å². The van der Waals surface area contributed by atoms with Crippen molar-refractivity contribution in [3.05, 3.63) is 55.8 Å². The van der Waals surface area contributed by atoms with Gasteiger partial charge in [0.25, 0.3) is 5.88 Å². The lowest BCUT2D eigenvalue weighted by molar-refractivity contribution is -0.386. The molecule has 0 aliphatic heterocycles. The molecule has 1 aromatic heterocycles. The van der Waals surface area contributed by atoms with Crippen molar-refractivity contribution < 1.29 is 9.66 Å². The summed E-state index contributed by atoms with van der Waals surface area (Å²) in [5, 5.41) is 19.7. The lowest BCUT2D eigenvalue weighted by atomic mass is 10.3. The second-order valence-electron chi connectivity index (χ2n) is 3.45. The SMILES string of the molecule is N#Cc1cnc(Oc2ccccc2I)c([N+](=O)[O-])c1. The van der Waals surface area contributed by atoms with Gasteiger partial charge in [-0.3, -0.25) is 10.1 Å². The minimum absolute atomic E-state index is 0.113. The van der Waals surface area contributed by atoms with Crippen LogP contribution in [0.4, 0.5) is 5.69 Å². The van der Waals surface area contributed by atoms with E-state index in [0.717, 1.165) is 9.64 Å². The van der Waals surface area contributed by atoms with Crippen molar-refractivity contribution >= 4 is 28.3 Å². The van der Waals surface area contributed by atoms with Gasteiger partial charge in [0, 0.05) is 12.3 Å². The Bertz CT molecular complexity index is 682. The first-order valence-corrected chi connectivity index (χ1v) is 6.16. The summed E-state index contributed by atoms with van der Waals surface area (Å²) in [5.74, 6) is 0.344. The molecule has 0 saturated heterocycles. The molecule has 2 rings (SSSR count). The third-order valence-electron chi connectivity index (χ3n) is 2.20. The first kappa shape index (κ1) is 13.2. The van der Waals surface area contributed by atoms with Crippen LogP contribution >= 0.6 is 22.6 Å². The Balaban J connectivity index is 2.43. The van der Waals surface area contributed by atoms with Crippen LogP contribution in [0.3, 0.4) is 0 Å². The van der Waals surface area contributed by atoms with Gasteiger partial charge in [0.15, 0.2) is 0 Å². The van der Waals surface area contributed by atoms with Gasteiger partial charge in [-0.15, -0.1) is 0 Å². The van der Waals surface area contributed by atoms with E-state index in [9.17, 15) is 10.1 Å². The summed E-state index contributed by atoms with van der Waals surface area (Å²) in [6.45, 7) is 0. The Hall–Kier alpha value is -2.21. The van der Waals surface area contributed by atoms with E-state index in [2.05, 4.69) is 27.6 Å². The Labute approximate surface area is 121 Å². The number of rotatable bonds is 3. The predicted molar refractivity (Wildman–Crippen MR) is 74.8 cm³/mol. The highest BCUT2D eigenvalue weighted by Gasteiger charge is 2.19. The van der Waals surface area contributed by atoms with Crippen LogP contribution in [-0.2, 0) is 0 Å². The molecule has 0 saturated carbocycles. The maximum atomic E-state index is 10.9. The summed E-state index contributed by atoms with van der Waals surface area (Å²) < 4.78 is 6.24. The van der Waals surface area contributed by atoms with Gasteiger partial charge in [-0.25, -0.2) is 4.98 Å². The second-order valence-corrected chi connectivity index (χ2v) is 4.61. The van der Waals surface area contributed by atoms with Crippen molar-refractivity contribution in [2.24, 2.45) is 0 Å². The van der Waals surface area contributed by atoms with E-state index in [0.29, 0.717) is 5.75 Å². The van der Waals surface area contributed by atoms with E-state index in [1.165, 1.54) is 6.20 Å². The lowest BCUT2D eigenvalue weighted by Crippen LogP contribution is -1.97. The number of aromatic nitrogens is 1. The van der Waals surface area contributed by atoms with E-state index in [-0.39, 0.29) is 17.1 Å². The molecule has 7 heteroatoms. The summed E-state index contributed by atoms with van der Waals surface area (Å²) in [5.41, 5.74) is -0.222. The number of nitro groups is 1. The molecular formula is C12H6IN3O3. The molecule has 0 fully saturated rings. The molecule has 0 atom stereocenters. The highest BCUT2D eigenvalue weighted by molar-refractivity contribution is 14.1. The van der Waals surface area contributed by atoms with Crippen molar-refractivity contribution in [1.29, 1.82) is 5.26 Å². The monoisotopic (exact) mass is 367 g/mol. The highest BCUT2D eigenvalue weighted by Crippen LogP contribution is 2.31. The Kier molecular flexibility index (Phi) is 3.91. The van der Waals surface area contributed by atoms with Crippen LogP contribution in [0.1, 0.15) is 5.56 Å². The number of hydrogen-bond acceptors (Lipinski definition) is 5. The number of hydrogen-bond donors (Lipinski definition) is 0. The molecule has 0 spiro atoms. The first-order valence-electron chi connectivity index (χ1n) is 5.08. The number of para-hydroxylation sites is 1. The fourth-order valence-electron chi connectivity index (χ4n) is 1.34. The zero-order valence-corrected chi connectivity index (χ0v) is 11.6. The van der Waals surface area contributed by atoms with Crippen molar-refractivity contribution in [3.8, 4) is 17.7 Å². The molecule has 1 aromatic carbocycles. The van der Waals surface area contributed by atoms with Crippen LogP contribution in [-0.4, -0.2) is 9.91 Å². The lowest BCUT2D eigenvalue weighted by Gasteiger charge is -2.06. The molecule has 19 heavy (non-hydrogen) atoms. The zero-order valence-electron chi connectivity index (χ0n) is 9.41. The average molecular weight is 367 g/mol. The van der Waals surface area contributed by atoms with E-state index in [4.69, 9.17) is 10.00 Å². The average Bonchev–Trinajstić information content (AvgIpc) is 2.41. The molecular weight excluding hydrogens is 361 g/mol. The zero-order chi connectivity index (χ0) is 13.8. The van der Waals surface area contributed by atoms with E-state index >= 15 is 0 Å². The fourth-order valence-corrected chi connectivity index (χ4v) is 1.84. The predicted octanol–water partition coefficient (Wildman–Crippen LogP) is 3.26. The molecule has 0 bridgehead atoms. The number of benzene rings is 1. The molecule has 0 amide bonds. The third-order valence-corrected chi connectivity index (χ3v) is 3.09. The minimum atomic E-state index is -0.626. The van der Waals surface area contributed by atoms with Gasteiger partial charge >= 0.3 is 5.69 Å². The largest absolute Gasteiger partial charge is 0.433 e.